The topological polar surface area (TPSA) is 55.1 Å². The monoisotopic (exact) mass is 354 g/mol. The zero-order valence-corrected chi connectivity index (χ0v) is 15.3. The van der Waals surface area contributed by atoms with E-state index in [1.54, 1.807) is 6.92 Å². The summed E-state index contributed by atoms with van der Waals surface area (Å²) in [5.41, 5.74) is 12.2. The summed E-state index contributed by atoms with van der Waals surface area (Å²) in [5, 5.41) is 2.81. The number of carbonyl (C=O) groups is 1. The number of benzene rings is 3. The van der Waals surface area contributed by atoms with Gasteiger partial charge in [0.15, 0.2) is 0 Å². The first kappa shape index (κ1) is 18.2. The molecule has 0 unspecified atom stereocenters. The van der Waals surface area contributed by atoms with Gasteiger partial charge in [0.2, 0.25) is 0 Å². The summed E-state index contributed by atoms with van der Waals surface area (Å²) in [6.45, 7) is 5.33. The van der Waals surface area contributed by atoms with Crippen molar-refractivity contribution in [2.24, 2.45) is 0 Å². The average Bonchev–Trinajstić information content (AvgIpc) is 2.68. The van der Waals surface area contributed by atoms with E-state index in [9.17, 15) is 4.79 Å². The fourth-order valence-corrected chi connectivity index (χ4v) is 2.57. The number of nitrogen functional groups attached to an aromatic ring is 1. The molecule has 0 atom stereocenters. The van der Waals surface area contributed by atoms with E-state index in [0.29, 0.717) is 5.57 Å². The summed E-state index contributed by atoms with van der Waals surface area (Å²) in [6, 6.07) is 23.9. The van der Waals surface area contributed by atoms with Crippen LogP contribution in [0, 0.1) is 0 Å². The van der Waals surface area contributed by atoms with Crippen LogP contribution in [0.3, 0.4) is 0 Å². The zero-order chi connectivity index (χ0) is 19.2. The average molecular weight is 354 g/mol. The molecule has 3 N–H and O–H groups in total. The molecule has 3 nitrogen and oxygen atoms in total. The number of carbonyl (C=O) groups excluding carboxylic acids is 1. The van der Waals surface area contributed by atoms with Crippen LogP contribution < -0.4 is 11.1 Å². The SMILES string of the molecule is C=C(C)C(=O)Nc1ccc(-c2ccc(/C=C/c3ccc(N)cc3)cc2)cc1. The third-order valence-electron chi connectivity index (χ3n) is 4.18. The second kappa shape index (κ2) is 8.19. The van der Waals surface area contributed by atoms with E-state index >= 15 is 0 Å². The van der Waals surface area contributed by atoms with Gasteiger partial charge in [0, 0.05) is 16.9 Å². The second-order valence-electron chi connectivity index (χ2n) is 6.43. The van der Waals surface area contributed by atoms with Crippen LogP contribution in [0.25, 0.3) is 23.3 Å². The maximum Gasteiger partial charge on any atom is 0.250 e. The van der Waals surface area contributed by atoms with Gasteiger partial charge in [-0.1, -0.05) is 67.3 Å². The van der Waals surface area contributed by atoms with Gasteiger partial charge in [-0.15, -0.1) is 0 Å². The highest BCUT2D eigenvalue weighted by Crippen LogP contribution is 2.23. The molecule has 0 aliphatic carbocycles. The Bertz CT molecular complexity index is 966. The fourth-order valence-electron chi connectivity index (χ4n) is 2.57. The molecule has 27 heavy (non-hydrogen) atoms. The van der Waals surface area contributed by atoms with Gasteiger partial charge < -0.3 is 11.1 Å². The molecule has 0 aliphatic heterocycles. The summed E-state index contributed by atoms with van der Waals surface area (Å²) in [7, 11) is 0. The Morgan fingerprint density at radius 1 is 0.815 bits per heavy atom. The van der Waals surface area contributed by atoms with Gasteiger partial charge >= 0.3 is 0 Å². The third kappa shape index (κ3) is 4.95. The Labute approximate surface area is 159 Å². The molecule has 0 spiro atoms. The highest BCUT2D eigenvalue weighted by molar-refractivity contribution is 6.02. The second-order valence-corrected chi connectivity index (χ2v) is 6.43. The van der Waals surface area contributed by atoms with E-state index < -0.39 is 0 Å². The van der Waals surface area contributed by atoms with Crippen LogP contribution in [0.1, 0.15) is 18.1 Å². The Morgan fingerprint density at radius 3 is 1.74 bits per heavy atom. The molecule has 0 heterocycles. The fraction of sp³-hybridized carbons (Fsp3) is 0.0417. The molecule has 0 saturated carbocycles. The van der Waals surface area contributed by atoms with Crippen LogP contribution in [0.15, 0.2) is 84.9 Å². The molecular weight excluding hydrogens is 332 g/mol. The quantitative estimate of drug-likeness (QED) is 0.355. The summed E-state index contributed by atoms with van der Waals surface area (Å²) in [6.07, 6.45) is 4.14. The summed E-state index contributed by atoms with van der Waals surface area (Å²) < 4.78 is 0. The Morgan fingerprint density at radius 2 is 1.26 bits per heavy atom. The van der Waals surface area contributed by atoms with Gasteiger partial charge in [-0.25, -0.2) is 0 Å². The van der Waals surface area contributed by atoms with Crippen LogP contribution in [0.4, 0.5) is 11.4 Å². The first-order chi connectivity index (χ1) is 13.0. The van der Waals surface area contributed by atoms with E-state index in [2.05, 4.69) is 48.3 Å². The van der Waals surface area contributed by atoms with Crippen LogP contribution in [-0.4, -0.2) is 5.91 Å². The lowest BCUT2D eigenvalue weighted by Crippen LogP contribution is -2.11. The lowest BCUT2D eigenvalue weighted by atomic mass is 10.0. The lowest BCUT2D eigenvalue weighted by Gasteiger charge is -2.07. The number of rotatable bonds is 5. The van der Waals surface area contributed by atoms with Gasteiger partial charge in [-0.2, -0.15) is 0 Å². The minimum atomic E-state index is -0.167. The minimum Gasteiger partial charge on any atom is -0.399 e. The Hall–Kier alpha value is -3.59. The molecule has 0 saturated heterocycles. The van der Waals surface area contributed by atoms with Gasteiger partial charge in [0.05, 0.1) is 0 Å². The first-order valence-corrected chi connectivity index (χ1v) is 8.72. The van der Waals surface area contributed by atoms with Crippen molar-refractivity contribution in [1.82, 2.24) is 0 Å². The maximum atomic E-state index is 11.7. The van der Waals surface area contributed by atoms with Crippen molar-refractivity contribution in [3.05, 3.63) is 96.1 Å². The van der Waals surface area contributed by atoms with Crippen molar-refractivity contribution in [3.63, 3.8) is 0 Å². The van der Waals surface area contributed by atoms with Gasteiger partial charge in [-0.3, -0.25) is 4.79 Å². The van der Waals surface area contributed by atoms with Gasteiger partial charge in [-0.05, 0) is 53.4 Å². The van der Waals surface area contributed by atoms with Crippen LogP contribution in [0.2, 0.25) is 0 Å². The van der Waals surface area contributed by atoms with Crippen molar-refractivity contribution < 1.29 is 4.79 Å². The first-order valence-electron chi connectivity index (χ1n) is 8.72. The summed E-state index contributed by atoms with van der Waals surface area (Å²) >= 11 is 0. The summed E-state index contributed by atoms with van der Waals surface area (Å²) in [5.74, 6) is -0.167. The number of hydrogen-bond donors (Lipinski definition) is 2. The standard InChI is InChI=1S/C24H22N2O/c1-17(2)24(27)26-23-15-11-21(12-16-23)20-9-5-18(6-10-20)3-4-19-7-13-22(25)14-8-19/h3-16H,1,25H2,2H3,(H,26,27)/b4-3+. The number of nitrogens with two attached hydrogens (primary N) is 1. The normalized spacial score (nSPS) is 10.7. The van der Waals surface area contributed by atoms with Crippen molar-refractivity contribution in [2.45, 2.75) is 6.92 Å². The number of nitrogens with one attached hydrogen (secondary N) is 1. The molecular formula is C24H22N2O. The Balaban J connectivity index is 1.68. The molecule has 0 aliphatic rings. The largest absolute Gasteiger partial charge is 0.399 e. The lowest BCUT2D eigenvalue weighted by molar-refractivity contribution is -0.112. The highest BCUT2D eigenvalue weighted by Gasteiger charge is 2.03. The predicted octanol–water partition coefficient (Wildman–Crippen LogP) is 5.62. The molecule has 3 aromatic carbocycles. The number of amides is 1. The smallest absolute Gasteiger partial charge is 0.250 e. The van der Waals surface area contributed by atoms with E-state index in [1.165, 1.54) is 0 Å². The molecule has 3 rings (SSSR count). The van der Waals surface area contributed by atoms with Crippen molar-refractivity contribution in [3.8, 4) is 11.1 Å². The summed E-state index contributed by atoms with van der Waals surface area (Å²) in [4.78, 5) is 11.7. The van der Waals surface area contributed by atoms with Crippen LogP contribution >= 0.6 is 0 Å². The molecule has 1 amide bonds. The van der Waals surface area contributed by atoms with Crippen molar-refractivity contribution in [1.29, 1.82) is 0 Å². The highest BCUT2D eigenvalue weighted by atomic mass is 16.1. The molecule has 3 heteroatoms. The molecule has 0 fully saturated rings. The molecule has 0 radical (unpaired) electrons. The zero-order valence-electron chi connectivity index (χ0n) is 15.3. The van der Waals surface area contributed by atoms with Gasteiger partial charge in [0.25, 0.3) is 5.91 Å². The van der Waals surface area contributed by atoms with Crippen LogP contribution in [-0.2, 0) is 4.79 Å². The third-order valence-corrected chi connectivity index (χ3v) is 4.18. The molecule has 0 aromatic heterocycles. The maximum absolute atomic E-state index is 11.7. The van der Waals surface area contributed by atoms with E-state index in [4.69, 9.17) is 5.73 Å². The van der Waals surface area contributed by atoms with E-state index in [0.717, 1.165) is 33.6 Å². The van der Waals surface area contributed by atoms with E-state index in [-0.39, 0.29) is 5.91 Å². The number of hydrogen-bond acceptors (Lipinski definition) is 2. The van der Waals surface area contributed by atoms with Crippen molar-refractivity contribution >= 4 is 29.4 Å². The molecule has 134 valence electrons. The predicted molar refractivity (Wildman–Crippen MR) is 115 cm³/mol. The van der Waals surface area contributed by atoms with E-state index in [1.807, 2.05) is 48.5 Å². The van der Waals surface area contributed by atoms with Crippen molar-refractivity contribution in [2.75, 3.05) is 11.1 Å². The van der Waals surface area contributed by atoms with Crippen LogP contribution in [0.5, 0.6) is 0 Å². The Kier molecular flexibility index (Phi) is 5.53. The van der Waals surface area contributed by atoms with Gasteiger partial charge in [0.1, 0.15) is 0 Å². The number of anilines is 2. The minimum absolute atomic E-state index is 0.167. The molecule has 0 bridgehead atoms. The molecule has 3 aromatic rings.